The number of rotatable bonds is 3. The highest BCUT2D eigenvalue weighted by Crippen LogP contribution is 2.19. The van der Waals surface area contributed by atoms with Crippen molar-refractivity contribution in [3.8, 4) is 11.1 Å². The molecule has 2 rings (SSSR count). The Hall–Kier alpha value is -2.09. The monoisotopic (exact) mass is 267 g/mol. The average molecular weight is 267 g/mol. The van der Waals surface area contributed by atoms with E-state index in [4.69, 9.17) is 0 Å². The lowest BCUT2D eigenvalue weighted by molar-refractivity contribution is -0.121. The van der Waals surface area contributed by atoms with Crippen molar-refractivity contribution in [2.75, 3.05) is 0 Å². The van der Waals surface area contributed by atoms with Crippen LogP contribution in [0.3, 0.4) is 0 Å². The molecule has 0 aliphatic heterocycles. The molecule has 0 radical (unpaired) electrons. The Bertz CT molecular complexity index is 565. The number of carbonyl (C=O) groups is 1. The van der Waals surface area contributed by atoms with Crippen molar-refractivity contribution in [3.05, 3.63) is 60.2 Å². The van der Waals surface area contributed by atoms with Crippen molar-refractivity contribution in [1.82, 2.24) is 5.32 Å². The normalized spacial score (nSPS) is 11.2. The molecule has 2 heteroatoms. The molecule has 0 aliphatic rings. The Morgan fingerprint density at radius 1 is 0.900 bits per heavy atom. The van der Waals surface area contributed by atoms with E-state index in [0.717, 1.165) is 5.56 Å². The second-order valence-electron chi connectivity index (χ2n) is 6.04. The highest BCUT2D eigenvalue weighted by atomic mass is 16.1. The molecule has 1 N–H and O–H groups in total. The number of hydrogen-bond donors (Lipinski definition) is 1. The van der Waals surface area contributed by atoms with E-state index in [2.05, 4.69) is 29.6 Å². The van der Waals surface area contributed by atoms with Crippen molar-refractivity contribution in [2.45, 2.75) is 32.7 Å². The lowest BCUT2D eigenvalue weighted by Gasteiger charge is -2.20. The van der Waals surface area contributed by atoms with Crippen molar-refractivity contribution >= 4 is 5.91 Å². The highest BCUT2D eigenvalue weighted by Gasteiger charge is 2.13. The van der Waals surface area contributed by atoms with Crippen LogP contribution in [0.4, 0.5) is 0 Å². The SMILES string of the molecule is CC(C)(C)NC(=O)Cc1ccc(-c2ccccc2)cc1. The Morgan fingerprint density at radius 3 is 2.00 bits per heavy atom. The van der Waals surface area contributed by atoms with E-state index >= 15 is 0 Å². The van der Waals surface area contributed by atoms with Crippen LogP contribution in [0.25, 0.3) is 11.1 Å². The Morgan fingerprint density at radius 2 is 1.45 bits per heavy atom. The lowest BCUT2D eigenvalue weighted by atomic mass is 10.0. The molecule has 0 saturated heterocycles. The first-order chi connectivity index (χ1) is 9.44. The van der Waals surface area contributed by atoms with Crippen LogP contribution in [0.1, 0.15) is 26.3 Å². The van der Waals surface area contributed by atoms with Gasteiger partial charge >= 0.3 is 0 Å². The van der Waals surface area contributed by atoms with E-state index in [1.54, 1.807) is 0 Å². The number of benzene rings is 2. The fraction of sp³-hybridized carbons (Fsp3) is 0.278. The molecule has 0 saturated carbocycles. The molecule has 0 aliphatic carbocycles. The summed E-state index contributed by atoms with van der Waals surface area (Å²) in [6, 6.07) is 18.4. The molecule has 0 fully saturated rings. The molecule has 0 unspecified atom stereocenters. The smallest absolute Gasteiger partial charge is 0.224 e. The topological polar surface area (TPSA) is 29.1 Å². The fourth-order valence-corrected chi connectivity index (χ4v) is 2.09. The van der Waals surface area contributed by atoms with Gasteiger partial charge in [0.1, 0.15) is 0 Å². The third kappa shape index (κ3) is 4.23. The summed E-state index contributed by atoms with van der Waals surface area (Å²) in [5, 5.41) is 2.97. The van der Waals surface area contributed by atoms with Gasteiger partial charge in [-0.1, -0.05) is 54.6 Å². The van der Waals surface area contributed by atoms with Crippen LogP contribution in [0, 0.1) is 0 Å². The van der Waals surface area contributed by atoms with Gasteiger partial charge in [-0.05, 0) is 37.5 Å². The maximum Gasteiger partial charge on any atom is 0.224 e. The van der Waals surface area contributed by atoms with Gasteiger partial charge in [0.2, 0.25) is 5.91 Å². The summed E-state index contributed by atoms with van der Waals surface area (Å²) < 4.78 is 0. The maximum atomic E-state index is 11.9. The first kappa shape index (κ1) is 14.3. The molecular formula is C18H21NO. The van der Waals surface area contributed by atoms with Gasteiger partial charge in [0, 0.05) is 5.54 Å². The first-order valence-electron chi connectivity index (χ1n) is 6.89. The number of carbonyl (C=O) groups excluding carboxylic acids is 1. The minimum atomic E-state index is -0.180. The van der Waals surface area contributed by atoms with Gasteiger partial charge in [0.05, 0.1) is 6.42 Å². The first-order valence-corrected chi connectivity index (χ1v) is 6.89. The van der Waals surface area contributed by atoms with Crippen LogP contribution < -0.4 is 5.32 Å². The Kier molecular flexibility index (Phi) is 4.23. The van der Waals surface area contributed by atoms with Gasteiger partial charge in [-0.2, -0.15) is 0 Å². The summed E-state index contributed by atoms with van der Waals surface area (Å²) >= 11 is 0. The summed E-state index contributed by atoms with van der Waals surface area (Å²) in [5.74, 6) is 0.0601. The molecule has 2 aromatic rings. The predicted octanol–water partition coefficient (Wildman–Crippen LogP) is 3.81. The summed E-state index contributed by atoms with van der Waals surface area (Å²) in [7, 11) is 0. The van der Waals surface area contributed by atoms with Gasteiger partial charge in [-0.25, -0.2) is 0 Å². The fourth-order valence-electron chi connectivity index (χ4n) is 2.09. The van der Waals surface area contributed by atoms with Crippen molar-refractivity contribution in [2.24, 2.45) is 0 Å². The van der Waals surface area contributed by atoms with E-state index in [1.807, 2.05) is 51.1 Å². The predicted molar refractivity (Wildman–Crippen MR) is 83.5 cm³/mol. The minimum Gasteiger partial charge on any atom is -0.351 e. The van der Waals surface area contributed by atoms with E-state index in [-0.39, 0.29) is 11.4 Å². The second-order valence-corrected chi connectivity index (χ2v) is 6.04. The zero-order valence-corrected chi connectivity index (χ0v) is 12.3. The van der Waals surface area contributed by atoms with Crippen LogP contribution in [-0.2, 0) is 11.2 Å². The molecular weight excluding hydrogens is 246 g/mol. The van der Waals surface area contributed by atoms with Crippen LogP contribution in [0.15, 0.2) is 54.6 Å². The molecule has 2 aromatic carbocycles. The van der Waals surface area contributed by atoms with Gasteiger partial charge in [0.25, 0.3) is 0 Å². The van der Waals surface area contributed by atoms with E-state index < -0.39 is 0 Å². The zero-order valence-electron chi connectivity index (χ0n) is 12.3. The van der Waals surface area contributed by atoms with E-state index in [1.165, 1.54) is 11.1 Å². The summed E-state index contributed by atoms with van der Waals surface area (Å²) in [4.78, 5) is 11.9. The second kappa shape index (κ2) is 5.91. The molecule has 0 aromatic heterocycles. The number of hydrogen-bond acceptors (Lipinski definition) is 1. The summed E-state index contributed by atoms with van der Waals surface area (Å²) in [5.41, 5.74) is 3.22. The van der Waals surface area contributed by atoms with Gasteiger partial charge in [-0.15, -0.1) is 0 Å². The van der Waals surface area contributed by atoms with Crippen molar-refractivity contribution in [1.29, 1.82) is 0 Å². The van der Waals surface area contributed by atoms with Crippen LogP contribution in [-0.4, -0.2) is 11.4 Å². The summed E-state index contributed by atoms with van der Waals surface area (Å²) in [6.07, 6.45) is 0.423. The standard InChI is InChI=1S/C18H21NO/c1-18(2,3)19-17(20)13-14-9-11-16(12-10-14)15-7-5-4-6-8-15/h4-12H,13H2,1-3H3,(H,19,20). The molecule has 1 amide bonds. The molecule has 2 nitrogen and oxygen atoms in total. The molecule has 104 valence electrons. The van der Waals surface area contributed by atoms with E-state index in [0.29, 0.717) is 6.42 Å². The third-order valence-electron chi connectivity index (χ3n) is 2.94. The molecule has 0 spiro atoms. The van der Waals surface area contributed by atoms with Gasteiger partial charge in [0.15, 0.2) is 0 Å². The molecule has 0 bridgehead atoms. The Labute approximate surface area is 120 Å². The zero-order chi connectivity index (χ0) is 14.6. The van der Waals surface area contributed by atoms with Crippen LogP contribution in [0.2, 0.25) is 0 Å². The van der Waals surface area contributed by atoms with Crippen molar-refractivity contribution in [3.63, 3.8) is 0 Å². The minimum absolute atomic E-state index is 0.0601. The van der Waals surface area contributed by atoms with Crippen LogP contribution in [0.5, 0.6) is 0 Å². The quantitative estimate of drug-likeness (QED) is 0.900. The van der Waals surface area contributed by atoms with E-state index in [9.17, 15) is 4.79 Å². The number of nitrogens with one attached hydrogen (secondary N) is 1. The van der Waals surface area contributed by atoms with Crippen LogP contribution >= 0.6 is 0 Å². The lowest BCUT2D eigenvalue weighted by Crippen LogP contribution is -2.41. The number of amides is 1. The van der Waals surface area contributed by atoms with Gasteiger partial charge in [-0.3, -0.25) is 4.79 Å². The molecule has 0 atom stereocenters. The average Bonchev–Trinajstić information content (AvgIpc) is 2.38. The third-order valence-corrected chi connectivity index (χ3v) is 2.94. The van der Waals surface area contributed by atoms with Crippen molar-refractivity contribution < 1.29 is 4.79 Å². The Balaban J connectivity index is 2.04. The molecule has 20 heavy (non-hydrogen) atoms. The largest absolute Gasteiger partial charge is 0.351 e. The molecule has 0 heterocycles. The van der Waals surface area contributed by atoms with Gasteiger partial charge < -0.3 is 5.32 Å². The highest BCUT2D eigenvalue weighted by molar-refractivity contribution is 5.79. The maximum absolute atomic E-state index is 11.9. The summed E-state index contributed by atoms with van der Waals surface area (Å²) in [6.45, 7) is 5.97.